The number of aromatic nitrogens is 1. The average molecular weight is 276 g/mol. The number of morpholine rings is 1. The highest BCUT2D eigenvalue weighted by molar-refractivity contribution is 5.78. The van der Waals surface area contributed by atoms with Gasteiger partial charge in [0.05, 0.1) is 13.2 Å². The fourth-order valence-electron chi connectivity index (χ4n) is 1.82. The van der Waals surface area contributed by atoms with Crippen LogP contribution in [0.15, 0.2) is 18.2 Å². The van der Waals surface area contributed by atoms with Crippen LogP contribution in [0.5, 0.6) is 0 Å². The molecular formula is C11H11F3N2O3. The summed E-state index contributed by atoms with van der Waals surface area (Å²) in [6.07, 6.45) is -4.55. The maximum Gasteiger partial charge on any atom is 0.433 e. The molecule has 1 aromatic rings. The zero-order chi connectivity index (χ0) is 14.0. The fourth-order valence-corrected chi connectivity index (χ4v) is 1.82. The van der Waals surface area contributed by atoms with Crippen LogP contribution < -0.4 is 4.90 Å². The van der Waals surface area contributed by atoms with Crippen molar-refractivity contribution in [2.24, 2.45) is 0 Å². The van der Waals surface area contributed by atoms with E-state index in [1.807, 2.05) is 0 Å². The molecule has 8 heteroatoms. The zero-order valence-corrected chi connectivity index (χ0v) is 9.72. The number of aliphatic carboxylic acids is 1. The van der Waals surface area contributed by atoms with Gasteiger partial charge in [0.1, 0.15) is 11.5 Å². The molecule has 1 aromatic heterocycles. The van der Waals surface area contributed by atoms with E-state index < -0.39 is 23.9 Å². The lowest BCUT2D eigenvalue weighted by molar-refractivity contribution is -0.141. The molecule has 0 saturated carbocycles. The molecule has 0 amide bonds. The lowest BCUT2D eigenvalue weighted by Crippen LogP contribution is -2.50. The summed E-state index contributed by atoms with van der Waals surface area (Å²) in [5.74, 6) is -1.16. The summed E-state index contributed by atoms with van der Waals surface area (Å²) >= 11 is 0. The summed E-state index contributed by atoms with van der Waals surface area (Å²) in [5.41, 5.74) is -1.04. The van der Waals surface area contributed by atoms with Crippen LogP contribution in [0.1, 0.15) is 5.69 Å². The predicted molar refractivity (Wildman–Crippen MR) is 58.8 cm³/mol. The molecule has 1 aliphatic rings. The Morgan fingerprint density at radius 2 is 2.21 bits per heavy atom. The fraction of sp³-hybridized carbons (Fsp3) is 0.455. The quantitative estimate of drug-likeness (QED) is 0.884. The number of pyridine rings is 1. The molecule has 104 valence electrons. The Hall–Kier alpha value is -1.83. The van der Waals surface area contributed by atoms with Crippen LogP contribution in [-0.4, -0.2) is 41.9 Å². The van der Waals surface area contributed by atoms with Gasteiger partial charge in [0.15, 0.2) is 6.04 Å². The molecule has 1 saturated heterocycles. The molecule has 5 nitrogen and oxygen atoms in total. The van der Waals surface area contributed by atoms with Crippen molar-refractivity contribution in [3.8, 4) is 0 Å². The number of hydrogen-bond donors (Lipinski definition) is 1. The molecule has 0 radical (unpaired) electrons. The molecule has 0 bridgehead atoms. The summed E-state index contributed by atoms with van der Waals surface area (Å²) in [6, 6.07) is 2.39. The molecule has 0 aromatic carbocycles. The lowest BCUT2D eigenvalue weighted by Gasteiger charge is -2.33. The first-order chi connectivity index (χ1) is 8.89. The van der Waals surface area contributed by atoms with E-state index in [1.54, 1.807) is 0 Å². The van der Waals surface area contributed by atoms with Gasteiger partial charge in [0, 0.05) is 6.54 Å². The maximum atomic E-state index is 12.6. The first-order valence-electron chi connectivity index (χ1n) is 5.51. The smallest absolute Gasteiger partial charge is 0.433 e. The lowest BCUT2D eigenvalue weighted by atomic mass is 10.2. The third-order valence-electron chi connectivity index (χ3n) is 2.73. The molecule has 2 rings (SSSR count). The van der Waals surface area contributed by atoms with Gasteiger partial charge in [0.25, 0.3) is 0 Å². The first-order valence-corrected chi connectivity index (χ1v) is 5.51. The topological polar surface area (TPSA) is 62.7 Å². The van der Waals surface area contributed by atoms with Crippen molar-refractivity contribution in [2.45, 2.75) is 12.2 Å². The van der Waals surface area contributed by atoms with E-state index in [0.29, 0.717) is 0 Å². The minimum Gasteiger partial charge on any atom is -0.480 e. The van der Waals surface area contributed by atoms with Crippen molar-refractivity contribution in [2.75, 3.05) is 24.7 Å². The first kappa shape index (κ1) is 13.6. The minimum atomic E-state index is -4.55. The Bertz CT molecular complexity index is 478. The van der Waals surface area contributed by atoms with Gasteiger partial charge in [-0.25, -0.2) is 9.78 Å². The Labute approximate surface area is 106 Å². The molecule has 1 fully saturated rings. The number of carbonyl (C=O) groups is 1. The van der Waals surface area contributed by atoms with E-state index in [2.05, 4.69) is 4.98 Å². The van der Waals surface area contributed by atoms with Gasteiger partial charge in [-0.3, -0.25) is 0 Å². The summed E-state index contributed by atoms with van der Waals surface area (Å²) in [5, 5.41) is 9.03. The van der Waals surface area contributed by atoms with Gasteiger partial charge in [0.2, 0.25) is 0 Å². The van der Waals surface area contributed by atoms with Gasteiger partial charge >= 0.3 is 12.1 Å². The minimum absolute atomic E-state index is 0.00877. The second kappa shape index (κ2) is 5.04. The summed E-state index contributed by atoms with van der Waals surface area (Å²) in [4.78, 5) is 15.8. The Morgan fingerprint density at radius 1 is 1.47 bits per heavy atom. The van der Waals surface area contributed by atoms with E-state index in [4.69, 9.17) is 9.84 Å². The van der Waals surface area contributed by atoms with E-state index in [-0.39, 0.29) is 25.6 Å². The standard InChI is InChI=1S/C11H11F3N2O3/c12-11(13,14)8-2-1-3-9(15-8)16-4-5-19-6-7(16)10(17)18/h1-3,7H,4-6H2,(H,17,18). The number of halogens is 3. The SMILES string of the molecule is O=C(O)C1COCCN1c1cccc(C(F)(F)F)n1. The number of carboxylic acid groups (broad SMARTS) is 1. The largest absolute Gasteiger partial charge is 0.480 e. The predicted octanol–water partition coefficient (Wildman–Crippen LogP) is 1.39. The van der Waals surface area contributed by atoms with Crippen LogP contribution in [0, 0.1) is 0 Å². The van der Waals surface area contributed by atoms with Crippen molar-refractivity contribution in [1.29, 1.82) is 0 Å². The maximum absolute atomic E-state index is 12.6. The van der Waals surface area contributed by atoms with Crippen LogP contribution in [0.25, 0.3) is 0 Å². The number of carboxylic acids is 1. The Morgan fingerprint density at radius 3 is 2.84 bits per heavy atom. The van der Waals surface area contributed by atoms with Crippen LogP contribution in [0.4, 0.5) is 19.0 Å². The van der Waals surface area contributed by atoms with Gasteiger partial charge in [-0.05, 0) is 12.1 Å². The molecule has 1 N–H and O–H groups in total. The number of hydrogen-bond acceptors (Lipinski definition) is 4. The second-order valence-electron chi connectivity index (χ2n) is 4.00. The normalized spacial score (nSPS) is 20.4. The molecule has 0 spiro atoms. The van der Waals surface area contributed by atoms with Crippen molar-refractivity contribution in [3.05, 3.63) is 23.9 Å². The van der Waals surface area contributed by atoms with Gasteiger partial charge in [-0.2, -0.15) is 13.2 Å². The van der Waals surface area contributed by atoms with Crippen molar-refractivity contribution >= 4 is 11.8 Å². The molecule has 0 aliphatic carbocycles. The molecular weight excluding hydrogens is 265 g/mol. The third kappa shape index (κ3) is 2.95. The molecule has 1 aliphatic heterocycles. The summed E-state index contributed by atoms with van der Waals surface area (Å²) in [7, 11) is 0. The molecule has 19 heavy (non-hydrogen) atoms. The van der Waals surface area contributed by atoms with Crippen LogP contribution in [0.2, 0.25) is 0 Å². The Kier molecular flexibility index (Phi) is 3.61. The molecule has 1 atom stereocenters. The third-order valence-corrected chi connectivity index (χ3v) is 2.73. The van der Waals surface area contributed by atoms with Crippen LogP contribution >= 0.6 is 0 Å². The van der Waals surface area contributed by atoms with Gasteiger partial charge < -0.3 is 14.7 Å². The molecule has 2 heterocycles. The van der Waals surface area contributed by atoms with E-state index >= 15 is 0 Å². The molecule has 1 unspecified atom stereocenters. The summed E-state index contributed by atoms with van der Waals surface area (Å²) < 4.78 is 42.7. The second-order valence-corrected chi connectivity index (χ2v) is 4.00. The van der Waals surface area contributed by atoms with Gasteiger partial charge in [-0.15, -0.1) is 0 Å². The van der Waals surface area contributed by atoms with Crippen molar-refractivity contribution in [3.63, 3.8) is 0 Å². The highest BCUT2D eigenvalue weighted by Gasteiger charge is 2.35. The number of ether oxygens (including phenoxy) is 1. The van der Waals surface area contributed by atoms with Crippen LogP contribution in [0.3, 0.4) is 0 Å². The highest BCUT2D eigenvalue weighted by atomic mass is 19.4. The number of anilines is 1. The van der Waals surface area contributed by atoms with E-state index in [1.165, 1.54) is 17.0 Å². The Balaban J connectivity index is 2.32. The van der Waals surface area contributed by atoms with Gasteiger partial charge in [-0.1, -0.05) is 6.07 Å². The average Bonchev–Trinajstić information content (AvgIpc) is 2.38. The highest BCUT2D eigenvalue weighted by Crippen LogP contribution is 2.29. The van der Waals surface area contributed by atoms with Crippen molar-refractivity contribution in [1.82, 2.24) is 4.98 Å². The zero-order valence-electron chi connectivity index (χ0n) is 9.72. The summed E-state index contributed by atoms with van der Waals surface area (Å²) in [6.45, 7) is 0.361. The number of alkyl halides is 3. The number of nitrogens with zero attached hydrogens (tertiary/aromatic N) is 2. The van der Waals surface area contributed by atoms with Crippen LogP contribution in [-0.2, 0) is 15.7 Å². The van der Waals surface area contributed by atoms with E-state index in [9.17, 15) is 18.0 Å². The van der Waals surface area contributed by atoms with E-state index in [0.717, 1.165) is 6.07 Å². The van der Waals surface area contributed by atoms with Crippen molar-refractivity contribution < 1.29 is 27.8 Å². The monoisotopic (exact) mass is 276 g/mol. The number of rotatable bonds is 2.